The number of benzene rings is 1. The highest BCUT2D eigenvalue weighted by atomic mass is 16.7. The zero-order chi connectivity index (χ0) is 21.5. The van der Waals surface area contributed by atoms with Gasteiger partial charge < -0.3 is 14.2 Å². The quantitative estimate of drug-likeness (QED) is 0.512. The first-order valence-corrected chi connectivity index (χ1v) is 10.9. The van der Waals surface area contributed by atoms with Gasteiger partial charge in [0.25, 0.3) is 0 Å². The maximum atomic E-state index is 13.0. The lowest BCUT2D eigenvalue weighted by Crippen LogP contribution is -2.33. The summed E-state index contributed by atoms with van der Waals surface area (Å²) in [6, 6.07) is 2.02. The van der Waals surface area contributed by atoms with Crippen LogP contribution in [0.15, 0.2) is 29.9 Å². The van der Waals surface area contributed by atoms with Crippen LogP contribution in [0.1, 0.15) is 57.2 Å². The van der Waals surface area contributed by atoms with Crippen molar-refractivity contribution in [1.82, 2.24) is 4.90 Å². The molecule has 2 atom stereocenters. The summed E-state index contributed by atoms with van der Waals surface area (Å²) in [5.74, 6) is 2.57. The summed E-state index contributed by atoms with van der Waals surface area (Å²) in [6.07, 6.45) is 9.83. The number of hydrogen-bond acceptors (Lipinski definition) is 5. The van der Waals surface area contributed by atoms with Crippen molar-refractivity contribution in [3.63, 3.8) is 0 Å². The van der Waals surface area contributed by atoms with E-state index in [1.165, 1.54) is 11.1 Å². The number of ether oxygens (including phenoxy) is 3. The monoisotopic (exact) mass is 411 g/mol. The van der Waals surface area contributed by atoms with Gasteiger partial charge in [-0.05, 0) is 56.4 Å². The van der Waals surface area contributed by atoms with Crippen molar-refractivity contribution in [2.75, 3.05) is 27.5 Å². The minimum Gasteiger partial charge on any atom is -0.492 e. The molecule has 0 N–H and O–H groups in total. The van der Waals surface area contributed by atoms with Gasteiger partial charge in [-0.2, -0.15) is 0 Å². The molecule has 1 aliphatic carbocycles. The number of hydrogen-bond donors (Lipinski definition) is 0. The van der Waals surface area contributed by atoms with Gasteiger partial charge in [0, 0.05) is 30.5 Å². The zero-order valence-electron chi connectivity index (χ0n) is 18.8. The van der Waals surface area contributed by atoms with E-state index in [0.29, 0.717) is 23.8 Å². The van der Waals surface area contributed by atoms with Crippen molar-refractivity contribution >= 4 is 5.78 Å². The fourth-order valence-corrected chi connectivity index (χ4v) is 5.23. The first-order chi connectivity index (χ1) is 14.3. The maximum Gasteiger partial charge on any atom is 0.231 e. The Balaban J connectivity index is 1.59. The van der Waals surface area contributed by atoms with Gasteiger partial charge in [0.15, 0.2) is 17.3 Å². The van der Waals surface area contributed by atoms with Crippen molar-refractivity contribution in [3.8, 4) is 17.2 Å². The Morgan fingerprint density at radius 1 is 1.37 bits per heavy atom. The lowest BCUT2D eigenvalue weighted by atomic mass is 9.68. The second-order valence-corrected chi connectivity index (χ2v) is 9.45. The van der Waals surface area contributed by atoms with E-state index in [0.717, 1.165) is 37.1 Å². The van der Waals surface area contributed by atoms with Crippen LogP contribution in [0, 0.1) is 11.3 Å². The molecule has 4 rings (SSSR count). The Kier molecular flexibility index (Phi) is 5.67. The second kappa shape index (κ2) is 8.10. The summed E-state index contributed by atoms with van der Waals surface area (Å²) in [5.41, 5.74) is 3.80. The van der Waals surface area contributed by atoms with Gasteiger partial charge in [0.1, 0.15) is 0 Å². The van der Waals surface area contributed by atoms with Gasteiger partial charge in [-0.25, -0.2) is 0 Å². The topological polar surface area (TPSA) is 48.0 Å². The molecule has 0 aromatic heterocycles. The molecule has 0 spiro atoms. The first kappa shape index (κ1) is 21.0. The van der Waals surface area contributed by atoms with Crippen molar-refractivity contribution in [1.29, 1.82) is 0 Å². The molecule has 0 saturated carbocycles. The van der Waals surface area contributed by atoms with Crippen molar-refractivity contribution < 1.29 is 19.0 Å². The van der Waals surface area contributed by atoms with Gasteiger partial charge in [0.05, 0.1) is 7.11 Å². The number of methoxy groups -OCH3 is 1. The minimum absolute atomic E-state index is 0.0358. The second-order valence-electron chi connectivity index (χ2n) is 9.45. The predicted octanol–water partition coefficient (Wildman–Crippen LogP) is 4.85. The van der Waals surface area contributed by atoms with Crippen LogP contribution < -0.4 is 14.2 Å². The molecular formula is C25H33NO4. The molecule has 1 aromatic carbocycles. The molecule has 0 unspecified atom stereocenters. The third-order valence-electron chi connectivity index (χ3n) is 7.00. The molecule has 0 saturated heterocycles. The molecule has 2 heterocycles. The van der Waals surface area contributed by atoms with E-state index in [-0.39, 0.29) is 24.0 Å². The Labute approximate surface area is 179 Å². The fraction of sp³-hybridized carbons (Fsp3) is 0.560. The van der Waals surface area contributed by atoms with Crippen LogP contribution in [0.4, 0.5) is 0 Å². The van der Waals surface area contributed by atoms with E-state index >= 15 is 0 Å². The molecule has 1 aromatic rings. The van der Waals surface area contributed by atoms with Crippen LogP contribution >= 0.6 is 0 Å². The number of fused-ring (bicyclic) bond motifs is 2. The standard InChI is InChI=1S/C25H33NO4/c1-16-7-6-11-25(2,3)19(16)9-8-18(27)14-20-22-17(10-12-26(20)4)13-21-23(24(22)28-5)30-15-29-21/h7-9,13,19-20H,6,10-12,14-15H2,1-5H3/b9-8+/t19-,20+/m1/s1. The summed E-state index contributed by atoms with van der Waals surface area (Å²) in [5, 5.41) is 0. The smallest absolute Gasteiger partial charge is 0.231 e. The molecule has 3 aliphatic rings. The minimum atomic E-state index is -0.0358. The van der Waals surface area contributed by atoms with Gasteiger partial charge in [-0.15, -0.1) is 0 Å². The van der Waals surface area contributed by atoms with Crippen molar-refractivity contribution in [3.05, 3.63) is 41.0 Å². The number of ketones is 1. The van der Waals surface area contributed by atoms with E-state index in [9.17, 15) is 4.79 Å². The van der Waals surface area contributed by atoms with E-state index in [4.69, 9.17) is 14.2 Å². The van der Waals surface area contributed by atoms with Gasteiger partial charge in [-0.1, -0.05) is 31.6 Å². The number of nitrogens with zero attached hydrogens (tertiary/aromatic N) is 1. The lowest BCUT2D eigenvalue weighted by Gasteiger charge is -2.37. The largest absolute Gasteiger partial charge is 0.492 e. The first-order valence-electron chi connectivity index (χ1n) is 10.9. The van der Waals surface area contributed by atoms with Gasteiger partial charge in [0.2, 0.25) is 12.5 Å². The summed E-state index contributed by atoms with van der Waals surface area (Å²) in [6.45, 7) is 7.87. The van der Waals surface area contributed by atoms with Gasteiger partial charge >= 0.3 is 0 Å². The van der Waals surface area contributed by atoms with Crippen LogP contribution in [-0.4, -0.2) is 38.2 Å². The fourth-order valence-electron chi connectivity index (χ4n) is 5.23. The number of rotatable bonds is 5. The Morgan fingerprint density at radius 3 is 2.90 bits per heavy atom. The molecule has 0 radical (unpaired) electrons. The van der Waals surface area contributed by atoms with Crippen LogP contribution in [0.3, 0.4) is 0 Å². The zero-order valence-corrected chi connectivity index (χ0v) is 18.8. The molecule has 0 amide bonds. The highest BCUT2D eigenvalue weighted by molar-refractivity contribution is 5.90. The maximum absolute atomic E-state index is 13.0. The SMILES string of the molecule is COc1c2c(cc3c1[C@H](CC(=O)/C=C/[C@@H]1C(C)=CCCC1(C)C)N(C)CC3)OCO2. The number of allylic oxidation sites excluding steroid dienone is 4. The van der Waals surface area contributed by atoms with Crippen LogP contribution in [0.5, 0.6) is 17.2 Å². The molecule has 30 heavy (non-hydrogen) atoms. The van der Waals surface area contributed by atoms with Crippen LogP contribution in [0.2, 0.25) is 0 Å². The summed E-state index contributed by atoms with van der Waals surface area (Å²) < 4.78 is 17.0. The third-order valence-corrected chi connectivity index (χ3v) is 7.00. The highest BCUT2D eigenvalue weighted by Crippen LogP contribution is 2.50. The summed E-state index contributed by atoms with van der Waals surface area (Å²) in [4.78, 5) is 15.3. The van der Waals surface area contributed by atoms with Gasteiger partial charge in [-0.3, -0.25) is 9.69 Å². The lowest BCUT2D eigenvalue weighted by molar-refractivity contribution is -0.115. The molecule has 2 aliphatic heterocycles. The van der Waals surface area contributed by atoms with Crippen LogP contribution in [0.25, 0.3) is 0 Å². The summed E-state index contributed by atoms with van der Waals surface area (Å²) >= 11 is 0. The Bertz CT molecular complexity index is 899. The van der Waals surface area contributed by atoms with Crippen molar-refractivity contribution in [2.24, 2.45) is 11.3 Å². The Morgan fingerprint density at radius 2 is 2.17 bits per heavy atom. The van der Waals surface area contributed by atoms with E-state index < -0.39 is 0 Å². The van der Waals surface area contributed by atoms with E-state index in [1.807, 2.05) is 0 Å². The summed E-state index contributed by atoms with van der Waals surface area (Å²) in [7, 11) is 3.73. The van der Waals surface area contributed by atoms with Crippen LogP contribution in [-0.2, 0) is 11.2 Å². The number of carbonyl (C=O) groups excluding carboxylic acids is 1. The average molecular weight is 412 g/mol. The highest BCUT2D eigenvalue weighted by Gasteiger charge is 2.35. The molecule has 5 heteroatoms. The van der Waals surface area contributed by atoms with Crippen molar-refractivity contribution in [2.45, 2.75) is 52.5 Å². The van der Waals surface area contributed by atoms with E-state index in [2.05, 4.69) is 50.9 Å². The normalized spacial score (nSPS) is 25.2. The molecule has 5 nitrogen and oxygen atoms in total. The number of likely N-dealkylation sites (N-methyl/N-ethyl adjacent to an activating group) is 1. The third kappa shape index (κ3) is 3.76. The van der Waals surface area contributed by atoms with E-state index in [1.54, 1.807) is 13.2 Å². The average Bonchev–Trinajstić information content (AvgIpc) is 3.16. The molecular weight excluding hydrogens is 378 g/mol. The Hall–Kier alpha value is -2.27. The molecule has 0 bridgehead atoms. The molecule has 0 fully saturated rings. The predicted molar refractivity (Wildman–Crippen MR) is 117 cm³/mol. The molecule has 162 valence electrons. The number of carbonyl (C=O) groups is 1.